The second-order valence-corrected chi connectivity index (χ2v) is 6.43. The number of nitrogens with zero attached hydrogens (tertiary/aromatic N) is 1. The number of hydrogen-bond acceptors (Lipinski definition) is 4. The molecule has 3 aromatic rings. The Morgan fingerprint density at radius 3 is 2.57 bits per heavy atom. The number of aryl methyl sites for hydroxylation is 1. The lowest BCUT2D eigenvalue weighted by atomic mass is 10.1. The van der Waals surface area contributed by atoms with Gasteiger partial charge in [-0.15, -0.1) is 11.3 Å². The van der Waals surface area contributed by atoms with Crippen molar-refractivity contribution in [2.24, 2.45) is 0 Å². The zero-order chi connectivity index (χ0) is 16.1. The lowest BCUT2D eigenvalue weighted by Gasteiger charge is -2.11. The quantitative estimate of drug-likeness (QED) is 0.722. The Labute approximate surface area is 140 Å². The highest BCUT2D eigenvalue weighted by atomic mass is 32.1. The molecular weight excluding hydrogens is 304 g/mol. The molecule has 3 nitrogen and oxygen atoms in total. The molecule has 0 aliphatic rings. The van der Waals surface area contributed by atoms with E-state index < -0.39 is 6.10 Å². The van der Waals surface area contributed by atoms with Gasteiger partial charge in [0.2, 0.25) is 0 Å². The predicted molar refractivity (Wildman–Crippen MR) is 95.4 cm³/mol. The first-order chi connectivity index (χ1) is 11.2. The SMILES string of the molecule is Cc1ccc(C(O)CNCc2csc(-c3ccccc3)n2)cc1. The number of aliphatic hydroxyl groups is 1. The highest BCUT2D eigenvalue weighted by Crippen LogP contribution is 2.23. The maximum Gasteiger partial charge on any atom is 0.123 e. The minimum Gasteiger partial charge on any atom is -0.387 e. The van der Waals surface area contributed by atoms with E-state index in [9.17, 15) is 5.11 Å². The maximum atomic E-state index is 10.2. The van der Waals surface area contributed by atoms with E-state index in [0.717, 1.165) is 21.8 Å². The minimum absolute atomic E-state index is 0.497. The van der Waals surface area contributed by atoms with Crippen LogP contribution < -0.4 is 5.32 Å². The van der Waals surface area contributed by atoms with Gasteiger partial charge in [0.1, 0.15) is 5.01 Å². The van der Waals surface area contributed by atoms with Crippen LogP contribution in [0.4, 0.5) is 0 Å². The van der Waals surface area contributed by atoms with Gasteiger partial charge in [-0.3, -0.25) is 0 Å². The third-order valence-corrected chi connectivity index (χ3v) is 4.62. The first-order valence-electron chi connectivity index (χ1n) is 7.67. The molecule has 23 heavy (non-hydrogen) atoms. The van der Waals surface area contributed by atoms with Gasteiger partial charge in [0.15, 0.2) is 0 Å². The van der Waals surface area contributed by atoms with Crippen molar-refractivity contribution in [1.29, 1.82) is 0 Å². The summed E-state index contributed by atoms with van der Waals surface area (Å²) in [7, 11) is 0. The third kappa shape index (κ3) is 4.26. The van der Waals surface area contributed by atoms with Gasteiger partial charge in [-0.2, -0.15) is 0 Å². The second kappa shape index (κ2) is 7.51. The molecule has 0 spiro atoms. The van der Waals surface area contributed by atoms with Gasteiger partial charge in [0.05, 0.1) is 11.8 Å². The summed E-state index contributed by atoms with van der Waals surface area (Å²) in [5.41, 5.74) is 4.28. The molecule has 2 N–H and O–H groups in total. The molecule has 0 amide bonds. The second-order valence-electron chi connectivity index (χ2n) is 5.57. The Morgan fingerprint density at radius 2 is 1.83 bits per heavy atom. The zero-order valence-corrected chi connectivity index (χ0v) is 13.9. The molecule has 0 saturated carbocycles. The van der Waals surface area contributed by atoms with E-state index in [2.05, 4.69) is 27.8 Å². The fraction of sp³-hybridized carbons (Fsp3) is 0.211. The molecule has 1 aromatic heterocycles. The molecule has 0 bridgehead atoms. The van der Waals surface area contributed by atoms with Gasteiger partial charge in [-0.05, 0) is 12.5 Å². The molecule has 1 unspecified atom stereocenters. The standard InChI is InChI=1S/C19H20N2OS/c1-14-7-9-15(10-8-14)18(22)12-20-11-17-13-23-19(21-17)16-5-3-2-4-6-16/h2-10,13,18,20,22H,11-12H2,1H3. The normalized spacial score (nSPS) is 12.3. The number of aliphatic hydroxyl groups excluding tert-OH is 1. The lowest BCUT2D eigenvalue weighted by Crippen LogP contribution is -2.21. The summed E-state index contributed by atoms with van der Waals surface area (Å²) in [5.74, 6) is 0. The molecule has 1 atom stereocenters. The molecule has 0 fully saturated rings. The van der Waals surface area contributed by atoms with Gasteiger partial charge in [-0.1, -0.05) is 60.2 Å². The van der Waals surface area contributed by atoms with E-state index in [4.69, 9.17) is 0 Å². The molecule has 0 saturated heterocycles. The van der Waals surface area contributed by atoms with Crippen LogP contribution in [0.2, 0.25) is 0 Å². The Bertz CT molecular complexity index is 738. The smallest absolute Gasteiger partial charge is 0.123 e. The van der Waals surface area contributed by atoms with Crippen LogP contribution >= 0.6 is 11.3 Å². The Hall–Kier alpha value is -2.01. The molecule has 3 rings (SSSR count). The van der Waals surface area contributed by atoms with Crippen molar-refractivity contribution >= 4 is 11.3 Å². The third-order valence-electron chi connectivity index (χ3n) is 3.68. The van der Waals surface area contributed by atoms with Crippen LogP contribution in [0.25, 0.3) is 10.6 Å². The van der Waals surface area contributed by atoms with Crippen LogP contribution in [-0.2, 0) is 6.54 Å². The molecule has 1 heterocycles. The molecule has 118 valence electrons. The van der Waals surface area contributed by atoms with E-state index in [-0.39, 0.29) is 0 Å². The van der Waals surface area contributed by atoms with Crippen molar-refractivity contribution in [2.45, 2.75) is 19.6 Å². The Balaban J connectivity index is 1.53. The fourth-order valence-electron chi connectivity index (χ4n) is 2.34. The monoisotopic (exact) mass is 324 g/mol. The summed E-state index contributed by atoms with van der Waals surface area (Å²) in [6.07, 6.45) is -0.497. The molecule has 4 heteroatoms. The molecular formula is C19H20N2OS. The molecule has 0 aliphatic carbocycles. The number of rotatable bonds is 6. The summed E-state index contributed by atoms with van der Waals surface area (Å²) in [6.45, 7) is 3.22. The average Bonchev–Trinajstić information content (AvgIpc) is 3.05. The topological polar surface area (TPSA) is 45.1 Å². The van der Waals surface area contributed by atoms with Gasteiger partial charge in [0, 0.05) is 24.0 Å². The van der Waals surface area contributed by atoms with Crippen LogP contribution in [0, 0.1) is 6.92 Å². The largest absolute Gasteiger partial charge is 0.387 e. The number of benzene rings is 2. The summed E-state index contributed by atoms with van der Waals surface area (Å²) in [6, 6.07) is 18.2. The van der Waals surface area contributed by atoms with E-state index in [0.29, 0.717) is 13.1 Å². The number of nitrogens with one attached hydrogen (secondary N) is 1. The van der Waals surface area contributed by atoms with Crippen molar-refractivity contribution in [3.05, 3.63) is 76.8 Å². The van der Waals surface area contributed by atoms with Gasteiger partial charge < -0.3 is 10.4 Å². The average molecular weight is 324 g/mol. The van der Waals surface area contributed by atoms with E-state index >= 15 is 0 Å². The number of thiazole rings is 1. The molecule has 0 aliphatic heterocycles. The Kier molecular flexibility index (Phi) is 5.18. The van der Waals surface area contributed by atoms with Crippen LogP contribution in [0.5, 0.6) is 0 Å². The highest BCUT2D eigenvalue weighted by molar-refractivity contribution is 7.13. The van der Waals surface area contributed by atoms with Crippen molar-refractivity contribution in [3.63, 3.8) is 0 Å². The van der Waals surface area contributed by atoms with Crippen LogP contribution in [0.1, 0.15) is 22.9 Å². The van der Waals surface area contributed by atoms with Crippen molar-refractivity contribution in [3.8, 4) is 10.6 Å². The van der Waals surface area contributed by atoms with Crippen LogP contribution in [0.15, 0.2) is 60.0 Å². The lowest BCUT2D eigenvalue weighted by molar-refractivity contribution is 0.174. The van der Waals surface area contributed by atoms with Gasteiger partial charge in [0.25, 0.3) is 0 Å². The Morgan fingerprint density at radius 1 is 1.09 bits per heavy atom. The number of hydrogen-bond donors (Lipinski definition) is 2. The first kappa shape index (κ1) is 15.9. The van der Waals surface area contributed by atoms with Crippen molar-refractivity contribution in [1.82, 2.24) is 10.3 Å². The molecule has 0 radical (unpaired) electrons. The minimum atomic E-state index is -0.497. The summed E-state index contributed by atoms with van der Waals surface area (Å²) in [4.78, 5) is 4.64. The summed E-state index contributed by atoms with van der Waals surface area (Å²) in [5, 5.41) is 16.6. The van der Waals surface area contributed by atoms with Crippen LogP contribution in [0.3, 0.4) is 0 Å². The fourth-order valence-corrected chi connectivity index (χ4v) is 3.17. The predicted octanol–water partition coefficient (Wildman–Crippen LogP) is 3.94. The van der Waals surface area contributed by atoms with Gasteiger partial charge >= 0.3 is 0 Å². The maximum absolute atomic E-state index is 10.2. The van der Waals surface area contributed by atoms with E-state index in [1.54, 1.807) is 11.3 Å². The zero-order valence-electron chi connectivity index (χ0n) is 13.1. The summed E-state index contributed by atoms with van der Waals surface area (Å²) < 4.78 is 0. The molecule has 2 aromatic carbocycles. The van der Waals surface area contributed by atoms with Gasteiger partial charge in [-0.25, -0.2) is 4.98 Å². The van der Waals surface area contributed by atoms with Crippen molar-refractivity contribution in [2.75, 3.05) is 6.54 Å². The summed E-state index contributed by atoms with van der Waals surface area (Å²) >= 11 is 1.65. The van der Waals surface area contributed by atoms with Crippen molar-refractivity contribution < 1.29 is 5.11 Å². The van der Waals surface area contributed by atoms with Crippen LogP contribution in [-0.4, -0.2) is 16.6 Å². The highest BCUT2D eigenvalue weighted by Gasteiger charge is 2.08. The number of aromatic nitrogens is 1. The van der Waals surface area contributed by atoms with E-state index in [1.807, 2.05) is 49.4 Å². The first-order valence-corrected chi connectivity index (χ1v) is 8.55. The van der Waals surface area contributed by atoms with E-state index in [1.165, 1.54) is 5.56 Å².